The smallest absolute Gasteiger partial charge is 0.238 e. The fourth-order valence-electron chi connectivity index (χ4n) is 4.18. The summed E-state index contributed by atoms with van der Waals surface area (Å²) in [6.45, 7) is 0. The van der Waals surface area contributed by atoms with Crippen LogP contribution in [0.15, 0.2) is 30.3 Å². The maximum atomic E-state index is 12.7. The van der Waals surface area contributed by atoms with Crippen molar-refractivity contribution in [3.05, 3.63) is 30.3 Å². The third-order valence-electron chi connectivity index (χ3n) is 5.00. The van der Waals surface area contributed by atoms with Crippen molar-refractivity contribution in [2.75, 3.05) is 4.90 Å². The van der Waals surface area contributed by atoms with Crippen LogP contribution in [0.1, 0.15) is 6.42 Å². The van der Waals surface area contributed by atoms with Crippen LogP contribution in [-0.4, -0.2) is 21.5 Å². The zero-order valence-corrected chi connectivity index (χ0v) is 13.7. The van der Waals surface area contributed by atoms with E-state index in [0.29, 0.717) is 15.3 Å². The molecule has 1 aromatic rings. The van der Waals surface area contributed by atoms with Crippen LogP contribution in [0, 0.1) is 23.7 Å². The molecule has 0 unspecified atom stereocenters. The number of amides is 2. The minimum atomic E-state index is -0.133. The molecule has 1 saturated heterocycles. The molecule has 0 spiro atoms. The summed E-state index contributed by atoms with van der Waals surface area (Å²) in [4.78, 5) is 27.4. The van der Waals surface area contributed by atoms with Gasteiger partial charge in [-0.15, -0.1) is 0 Å². The van der Waals surface area contributed by atoms with E-state index in [1.807, 2.05) is 30.3 Å². The Morgan fingerprint density at radius 1 is 0.900 bits per heavy atom. The molecule has 1 aromatic carbocycles. The number of carbonyl (C=O) groups excluding carboxylic acids is 2. The first kappa shape index (κ1) is 13.0. The van der Waals surface area contributed by atoms with Gasteiger partial charge in [-0.1, -0.05) is 50.1 Å². The van der Waals surface area contributed by atoms with Crippen molar-refractivity contribution in [3.8, 4) is 0 Å². The highest BCUT2D eigenvalue weighted by Crippen LogP contribution is 2.60. The molecule has 20 heavy (non-hydrogen) atoms. The number of carbonyl (C=O) groups is 2. The molecule has 2 amide bonds. The van der Waals surface area contributed by atoms with Crippen molar-refractivity contribution in [1.29, 1.82) is 0 Å². The molecule has 6 atom stereocenters. The minimum absolute atomic E-state index is 0.0115. The molecule has 0 radical (unpaired) electrons. The highest BCUT2D eigenvalue weighted by molar-refractivity contribution is 9.12. The zero-order chi connectivity index (χ0) is 14.0. The summed E-state index contributed by atoms with van der Waals surface area (Å²) in [5, 5.41) is 0. The van der Waals surface area contributed by atoms with Gasteiger partial charge in [0.2, 0.25) is 11.8 Å². The molecule has 2 saturated carbocycles. The molecule has 4 rings (SSSR count). The number of halogens is 2. The molecular weight excluding hydrogens is 386 g/mol. The quantitative estimate of drug-likeness (QED) is 0.538. The fourth-order valence-corrected chi connectivity index (χ4v) is 6.05. The van der Waals surface area contributed by atoms with Gasteiger partial charge in [-0.3, -0.25) is 14.5 Å². The van der Waals surface area contributed by atoms with E-state index in [1.54, 1.807) is 0 Å². The van der Waals surface area contributed by atoms with Crippen LogP contribution in [0.5, 0.6) is 0 Å². The average Bonchev–Trinajstić information content (AvgIpc) is 3.05. The van der Waals surface area contributed by atoms with E-state index in [-0.39, 0.29) is 35.5 Å². The van der Waals surface area contributed by atoms with Gasteiger partial charge in [-0.25, -0.2) is 0 Å². The Kier molecular flexibility index (Phi) is 2.87. The van der Waals surface area contributed by atoms with Gasteiger partial charge >= 0.3 is 0 Å². The number of anilines is 1. The first-order valence-electron chi connectivity index (χ1n) is 6.82. The number of rotatable bonds is 1. The van der Waals surface area contributed by atoms with Gasteiger partial charge in [-0.2, -0.15) is 0 Å². The van der Waals surface area contributed by atoms with E-state index in [4.69, 9.17) is 0 Å². The molecule has 2 bridgehead atoms. The molecule has 3 aliphatic rings. The van der Waals surface area contributed by atoms with Crippen molar-refractivity contribution < 1.29 is 9.59 Å². The highest BCUT2D eigenvalue weighted by atomic mass is 79.9. The number of fused-ring (bicyclic) bond motifs is 5. The van der Waals surface area contributed by atoms with Gasteiger partial charge in [0, 0.05) is 9.65 Å². The second-order valence-electron chi connectivity index (χ2n) is 5.85. The van der Waals surface area contributed by atoms with E-state index in [2.05, 4.69) is 31.9 Å². The monoisotopic (exact) mass is 397 g/mol. The van der Waals surface area contributed by atoms with Crippen molar-refractivity contribution in [3.63, 3.8) is 0 Å². The second kappa shape index (κ2) is 4.41. The van der Waals surface area contributed by atoms with Crippen molar-refractivity contribution >= 4 is 49.4 Å². The summed E-state index contributed by atoms with van der Waals surface area (Å²) in [5.74, 6) is 0.265. The predicted molar refractivity (Wildman–Crippen MR) is 82.9 cm³/mol. The topological polar surface area (TPSA) is 37.4 Å². The van der Waals surface area contributed by atoms with E-state index < -0.39 is 0 Å². The number of hydrogen-bond donors (Lipinski definition) is 0. The molecule has 1 aliphatic heterocycles. The van der Waals surface area contributed by atoms with E-state index in [9.17, 15) is 9.59 Å². The number of nitrogens with zero attached hydrogens (tertiary/aromatic N) is 1. The Bertz CT molecular complexity index is 559. The van der Waals surface area contributed by atoms with Gasteiger partial charge in [0.1, 0.15) is 0 Å². The van der Waals surface area contributed by atoms with Crippen LogP contribution in [-0.2, 0) is 9.59 Å². The minimum Gasteiger partial charge on any atom is -0.274 e. The lowest BCUT2D eigenvalue weighted by atomic mass is 9.81. The molecule has 2 aliphatic carbocycles. The SMILES string of the molecule is O=C1[C@@H]2[C@H]3C[C@@H]([C@H](Br)[C@H]3Br)[C@H]2C(=O)N1c1ccccc1. The first-order valence-corrected chi connectivity index (χ1v) is 8.65. The van der Waals surface area contributed by atoms with Crippen LogP contribution in [0.2, 0.25) is 0 Å². The third kappa shape index (κ3) is 1.51. The number of para-hydroxylation sites is 1. The van der Waals surface area contributed by atoms with Gasteiger partial charge in [0.25, 0.3) is 0 Å². The maximum Gasteiger partial charge on any atom is 0.238 e. The molecule has 3 fully saturated rings. The second-order valence-corrected chi connectivity index (χ2v) is 7.97. The Labute approximate surface area is 134 Å². The van der Waals surface area contributed by atoms with Crippen molar-refractivity contribution in [2.45, 2.75) is 16.1 Å². The number of imide groups is 1. The van der Waals surface area contributed by atoms with Crippen LogP contribution in [0.4, 0.5) is 5.69 Å². The summed E-state index contributed by atoms with van der Waals surface area (Å²) in [6, 6.07) is 9.27. The lowest BCUT2D eigenvalue weighted by Crippen LogP contribution is -2.37. The number of alkyl halides is 2. The molecule has 5 heteroatoms. The molecule has 1 heterocycles. The summed E-state index contributed by atoms with van der Waals surface area (Å²) < 4.78 is 0. The van der Waals surface area contributed by atoms with Crippen LogP contribution >= 0.6 is 31.9 Å². The molecular formula is C15H13Br2NO2. The van der Waals surface area contributed by atoms with E-state index in [0.717, 1.165) is 6.42 Å². The van der Waals surface area contributed by atoms with Crippen LogP contribution < -0.4 is 4.90 Å². The fraction of sp³-hybridized carbons (Fsp3) is 0.467. The largest absolute Gasteiger partial charge is 0.274 e. The van der Waals surface area contributed by atoms with E-state index in [1.165, 1.54) is 4.90 Å². The van der Waals surface area contributed by atoms with Gasteiger partial charge in [0.15, 0.2) is 0 Å². The Hall–Kier alpha value is -0.680. The third-order valence-corrected chi connectivity index (χ3v) is 8.21. The summed E-state index contributed by atoms with van der Waals surface area (Å²) >= 11 is 7.38. The number of hydrogen-bond acceptors (Lipinski definition) is 2. The van der Waals surface area contributed by atoms with Gasteiger partial charge < -0.3 is 0 Å². The van der Waals surface area contributed by atoms with Gasteiger partial charge in [-0.05, 0) is 30.4 Å². The first-order chi connectivity index (χ1) is 9.61. The summed E-state index contributed by atoms with van der Waals surface area (Å²) in [6.07, 6.45) is 0.973. The summed E-state index contributed by atoms with van der Waals surface area (Å²) in [7, 11) is 0. The highest BCUT2D eigenvalue weighted by Gasteiger charge is 2.66. The van der Waals surface area contributed by atoms with E-state index >= 15 is 0 Å². The standard InChI is InChI=1S/C15H13Br2NO2/c16-12-8-6-9(13(12)17)11-10(8)14(19)18(15(11)20)7-4-2-1-3-5-7/h1-5,8-13H,6H2/t8-,9-,10-,11-,12+,13+/m1/s1. The summed E-state index contributed by atoms with van der Waals surface area (Å²) in [5.41, 5.74) is 0.702. The zero-order valence-electron chi connectivity index (χ0n) is 10.6. The Morgan fingerprint density at radius 3 is 1.90 bits per heavy atom. The average molecular weight is 399 g/mol. The molecule has 0 N–H and O–H groups in total. The maximum absolute atomic E-state index is 12.7. The normalized spacial score (nSPS) is 42.4. The molecule has 104 valence electrons. The van der Waals surface area contributed by atoms with Crippen molar-refractivity contribution in [2.24, 2.45) is 23.7 Å². The molecule has 0 aromatic heterocycles. The lowest BCUT2D eigenvalue weighted by Gasteiger charge is -2.28. The van der Waals surface area contributed by atoms with Crippen LogP contribution in [0.3, 0.4) is 0 Å². The van der Waals surface area contributed by atoms with Gasteiger partial charge in [0.05, 0.1) is 17.5 Å². The lowest BCUT2D eigenvalue weighted by molar-refractivity contribution is -0.123. The van der Waals surface area contributed by atoms with Crippen LogP contribution in [0.25, 0.3) is 0 Å². The van der Waals surface area contributed by atoms with Crippen molar-refractivity contribution in [1.82, 2.24) is 0 Å². The Balaban J connectivity index is 1.75. The molecule has 3 nitrogen and oxygen atoms in total. The number of benzene rings is 1. The predicted octanol–water partition coefficient (Wildman–Crippen LogP) is 2.97. The Morgan fingerprint density at radius 2 is 1.40 bits per heavy atom.